The highest BCUT2D eigenvalue weighted by Gasteiger charge is 2.57. The van der Waals surface area contributed by atoms with Crippen molar-refractivity contribution in [2.75, 3.05) is 65.4 Å². The first kappa shape index (κ1) is 41.2. The number of piperidine rings is 2. The summed E-state index contributed by atoms with van der Waals surface area (Å²) in [6, 6.07) is 20.6. The number of benzene rings is 2. The van der Waals surface area contributed by atoms with Gasteiger partial charge in [-0.1, -0.05) is 60.7 Å². The number of unbranched alkanes of at least 4 members (excludes halogenated alkanes) is 2. The Morgan fingerprint density at radius 2 is 0.917 bits per heavy atom. The summed E-state index contributed by atoms with van der Waals surface area (Å²) in [5, 5.41) is 6.67. The maximum atomic E-state index is 14.0. The average molecular weight is 885 g/mol. The summed E-state index contributed by atoms with van der Waals surface area (Å²) in [6.45, 7) is 16.2. The molecule has 3 aliphatic rings. The molecule has 268 valence electrons. The van der Waals surface area contributed by atoms with Crippen molar-refractivity contribution in [2.45, 2.75) is 89.9 Å². The first-order valence-electron chi connectivity index (χ1n) is 18.9. The summed E-state index contributed by atoms with van der Waals surface area (Å²) in [4.78, 5) is 28.0. The summed E-state index contributed by atoms with van der Waals surface area (Å²) in [6.07, 6.45) is 12.4. The maximum Gasteiger partial charge on any atom is 0.224 e. The molecule has 2 aliphatic heterocycles. The minimum Gasteiger partial charge on any atom is -1.00 e. The molecule has 0 radical (unpaired) electrons. The van der Waals surface area contributed by atoms with E-state index in [4.69, 9.17) is 0 Å². The van der Waals surface area contributed by atoms with Crippen LogP contribution in [-0.2, 0) is 9.59 Å². The fourth-order valence-electron chi connectivity index (χ4n) is 9.15. The van der Waals surface area contributed by atoms with Crippen molar-refractivity contribution in [2.24, 2.45) is 11.8 Å². The highest BCUT2D eigenvalue weighted by molar-refractivity contribution is 5.90. The van der Waals surface area contributed by atoms with Crippen molar-refractivity contribution >= 4 is 11.8 Å². The van der Waals surface area contributed by atoms with Gasteiger partial charge in [0.2, 0.25) is 11.8 Å². The number of halogens is 2. The molecule has 0 aromatic heterocycles. The Hall–Kier alpha value is -1.24. The van der Waals surface area contributed by atoms with Gasteiger partial charge in [-0.25, -0.2) is 0 Å². The van der Waals surface area contributed by atoms with E-state index in [0.29, 0.717) is 13.1 Å². The van der Waals surface area contributed by atoms with Gasteiger partial charge in [0, 0.05) is 24.9 Å². The van der Waals surface area contributed by atoms with E-state index < -0.39 is 0 Å². The number of hydrogen-bond acceptors (Lipinski definition) is 2. The Kier molecular flexibility index (Phi) is 17.6. The number of carbonyl (C=O) groups excluding carboxylic acids is 2. The Labute approximate surface area is 325 Å². The standard InChI is InChI=1S/C40H60N4O2.2HI/c1-3-43(27-15-7-16-28-43)31-19-13-25-41-39(45)37-35(33-21-9-5-10-22-33)38(36(37)34-23-11-6-12-24-34)40(46)42-26-14-20-32-44(4-2)29-17-8-18-30-44;;/h5-6,9-12,21-24,35-38H,3-4,7-8,13-20,25-32H2,1-2H3;2*1H. The lowest BCUT2D eigenvalue weighted by Crippen LogP contribution is -3.00. The van der Waals surface area contributed by atoms with E-state index in [9.17, 15) is 9.59 Å². The number of likely N-dealkylation sites (tertiary alicyclic amines) is 2. The molecule has 2 amide bonds. The van der Waals surface area contributed by atoms with Crippen LogP contribution in [0.3, 0.4) is 0 Å². The van der Waals surface area contributed by atoms with Gasteiger partial charge < -0.3 is 67.6 Å². The second kappa shape index (κ2) is 20.6. The fraction of sp³-hybridized carbons (Fsp3) is 0.650. The van der Waals surface area contributed by atoms with Gasteiger partial charge in [0.05, 0.1) is 64.2 Å². The minimum atomic E-state index is -0.260. The van der Waals surface area contributed by atoms with E-state index in [-0.39, 0.29) is 83.4 Å². The summed E-state index contributed by atoms with van der Waals surface area (Å²) >= 11 is 0. The summed E-state index contributed by atoms with van der Waals surface area (Å²) in [5.41, 5.74) is 2.18. The van der Waals surface area contributed by atoms with E-state index in [1.54, 1.807) is 0 Å². The van der Waals surface area contributed by atoms with Gasteiger partial charge in [0.1, 0.15) is 0 Å². The first-order chi connectivity index (χ1) is 22.5. The topological polar surface area (TPSA) is 58.2 Å². The maximum absolute atomic E-state index is 14.0. The molecule has 1 aliphatic carbocycles. The van der Waals surface area contributed by atoms with E-state index in [1.807, 2.05) is 36.4 Å². The van der Waals surface area contributed by atoms with Gasteiger partial charge in [0.25, 0.3) is 0 Å². The van der Waals surface area contributed by atoms with Crippen LogP contribution in [-0.4, -0.2) is 86.2 Å². The van der Waals surface area contributed by atoms with Gasteiger partial charge in [0.15, 0.2) is 0 Å². The molecule has 3 fully saturated rings. The molecular weight excluding hydrogens is 822 g/mol. The number of carbonyl (C=O) groups is 2. The predicted octanol–water partition coefficient (Wildman–Crippen LogP) is 0.642. The molecule has 0 bridgehead atoms. The van der Waals surface area contributed by atoms with E-state index in [2.05, 4.69) is 48.7 Å². The predicted molar refractivity (Wildman–Crippen MR) is 188 cm³/mol. The van der Waals surface area contributed by atoms with Crippen LogP contribution in [0.4, 0.5) is 0 Å². The van der Waals surface area contributed by atoms with Crippen molar-refractivity contribution in [3.8, 4) is 0 Å². The second-order valence-corrected chi connectivity index (χ2v) is 14.7. The smallest absolute Gasteiger partial charge is 0.224 e. The summed E-state index contributed by atoms with van der Waals surface area (Å²) < 4.78 is 2.50. The lowest BCUT2D eigenvalue weighted by molar-refractivity contribution is -0.931. The third-order valence-electron chi connectivity index (χ3n) is 12.1. The molecule has 2 heterocycles. The Morgan fingerprint density at radius 3 is 1.25 bits per heavy atom. The van der Waals surface area contributed by atoms with Gasteiger partial charge in [-0.3, -0.25) is 9.59 Å². The van der Waals surface area contributed by atoms with Crippen LogP contribution >= 0.6 is 0 Å². The number of rotatable bonds is 16. The van der Waals surface area contributed by atoms with Crippen LogP contribution < -0.4 is 58.6 Å². The number of hydrogen-bond donors (Lipinski definition) is 2. The molecule has 48 heavy (non-hydrogen) atoms. The third kappa shape index (κ3) is 10.4. The Bertz CT molecular complexity index is 1110. The molecule has 2 N–H and O–H groups in total. The molecule has 0 atom stereocenters. The second-order valence-electron chi connectivity index (χ2n) is 14.7. The van der Waals surface area contributed by atoms with Crippen molar-refractivity contribution in [1.29, 1.82) is 0 Å². The molecule has 2 aromatic rings. The zero-order valence-electron chi connectivity index (χ0n) is 29.7. The molecule has 5 rings (SSSR count). The molecule has 0 spiro atoms. The first-order valence-corrected chi connectivity index (χ1v) is 18.9. The van der Waals surface area contributed by atoms with Crippen molar-refractivity contribution in [3.05, 3.63) is 71.8 Å². The molecule has 1 saturated carbocycles. The van der Waals surface area contributed by atoms with Crippen LogP contribution in [0.2, 0.25) is 0 Å². The van der Waals surface area contributed by atoms with Crippen LogP contribution in [0.15, 0.2) is 60.7 Å². The zero-order chi connectivity index (χ0) is 32.2. The summed E-state index contributed by atoms with van der Waals surface area (Å²) in [5.74, 6) is -0.584. The molecule has 2 aromatic carbocycles. The third-order valence-corrected chi connectivity index (χ3v) is 12.1. The quantitative estimate of drug-likeness (QED) is 0.148. The fourth-order valence-corrected chi connectivity index (χ4v) is 9.15. The van der Waals surface area contributed by atoms with Crippen LogP contribution in [0.25, 0.3) is 0 Å². The van der Waals surface area contributed by atoms with Crippen molar-refractivity contribution in [1.82, 2.24) is 10.6 Å². The van der Waals surface area contributed by atoms with E-state index in [1.165, 1.54) is 99.8 Å². The highest BCUT2D eigenvalue weighted by Crippen LogP contribution is 2.57. The van der Waals surface area contributed by atoms with Gasteiger partial charge in [-0.15, -0.1) is 0 Å². The van der Waals surface area contributed by atoms with E-state index >= 15 is 0 Å². The average Bonchev–Trinajstić information content (AvgIpc) is 3.09. The Balaban J connectivity index is 0.00000312. The van der Waals surface area contributed by atoms with Gasteiger partial charge in [-0.05, 0) is 89.2 Å². The number of amides is 2. The zero-order valence-corrected chi connectivity index (χ0v) is 34.0. The van der Waals surface area contributed by atoms with Crippen LogP contribution in [0.5, 0.6) is 0 Å². The molecular formula is C40H62I2N4O2. The number of quaternary nitrogens is 2. The van der Waals surface area contributed by atoms with Crippen molar-refractivity contribution in [3.63, 3.8) is 0 Å². The van der Waals surface area contributed by atoms with Crippen LogP contribution in [0, 0.1) is 11.8 Å². The SMILES string of the molecule is CC[N+]1(CCCCNC(=O)C2C(c3ccccc3)C(C(=O)NCCCC[N+]3(CC)CCCCC3)C2c2ccccc2)CCCCC1.[I-].[I-]. The molecule has 0 unspecified atom stereocenters. The molecule has 2 saturated heterocycles. The van der Waals surface area contributed by atoms with Gasteiger partial charge in [-0.2, -0.15) is 0 Å². The van der Waals surface area contributed by atoms with Crippen molar-refractivity contribution < 1.29 is 66.5 Å². The summed E-state index contributed by atoms with van der Waals surface area (Å²) in [7, 11) is 0. The lowest BCUT2D eigenvalue weighted by Gasteiger charge is -2.50. The molecule has 6 nitrogen and oxygen atoms in total. The molecule has 8 heteroatoms. The lowest BCUT2D eigenvalue weighted by atomic mass is 9.52. The highest BCUT2D eigenvalue weighted by atomic mass is 127. The van der Waals surface area contributed by atoms with E-state index in [0.717, 1.165) is 36.8 Å². The number of nitrogens with one attached hydrogen (secondary N) is 2. The normalized spacial score (nSPS) is 24.2. The minimum absolute atomic E-state index is 0. The number of nitrogens with zero attached hydrogens (tertiary/aromatic N) is 2. The van der Waals surface area contributed by atoms with Gasteiger partial charge >= 0.3 is 0 Å². The Morgan fingerprint density at radius 1 is 0.562 bits per heavy atom. The monoisotopic (exact) mass is 884 g/mol. The largest absolute Gasteiger partial charge is 1.00 e. The van der Waals surface area contributed by atoms with Crippen LogP contribution in [0.1, 0.15) is 101 Å².